The van der Waals surface area contributed by atoms with Gasteiger partial charge in [0.2, 0.25) is 0 Å². The third-order valence-electron chi connectivity index (χ3n) is 9.09. The van der Waals surface area contributed by atoms with Crippen LogP contribution in [0.4, 0.5) is 11.4 Å². The summed E-state index contributed by atoms with van der Waals surface area (Å²) in [5, 5.41) is 16.6. The number of hydrogen-bond donors (Lipinski definition) is 1. The molecule has 2 aromatic heterocycles. The fraction of sp³-hybridized carbons (Fsp3) is 0.444. The minimum absolute atomic E-state index is 0.0128. The molecule has 254 valence electrons. The first-order valence-electron chi connectivity index (χ1n) is 16.6. The summed E-state index contributed by atoms with van der Waals surface area (Å²) in [6, 6.07) is 7.59. The molecule has 0 spiro atoms. The Kier molecular flexibility index (Phi) is 11.6. The number of piperidine rings is 2. The van der Waals surface area contributed by atoms with E-state index in [-0.39, 0.29) is 22.4 Å². The normalized spacial score (nSPS) is 14.8. The standard InChI is InChI=1S/C18H21N3O3S.C18H23N3OS/c1-12-9-16(21(23)24)13(2)8-14(12)10-17-19-15(11-25-17)18(22)20-6-4-3-5-7-20;1-12-9-15(19)13(2)8-14(12)10-17-20-16(11-23-17)18(22)21-6-4-3-5-7-21/h8-9,11H,3-7,10H2,1-2H3;8-9,11H,3-7,10,19H2,1-2H3. The first kappa shape index (κ1) is 35.2. The van der Waals surface area contributed by atoms with Gasteiger partial charge in [0.15, 0.2) is 0 Å². The summed E-state index contributed by atoms with van der Waals surface area (Å²) >= 11 is 3.03. The second-order valence-corrected chi connectivity index (χ2v) is 14.7. The highest BCUT2D eigenvalue weighted by atomic mass is 32.1. The second kappa shape index (κ2) is 15.8. The third-order valence-corrected chi connectivity index (χ3v) is 10.8. The van der Waals surface area contributed by atoms with Gasteiger partial charge in [-0.15, -0.1) is 22.7 Å². The molecule has 4 aromatic rings. The number of benzene rings is 2. The molecule has 2 aromatic carbocycles. The molecule has 0 radical (unpaired) electrons. The van der Waals surface area contributed by atoms with E-state index in [1.807, 2.05) is 46.5 Å². The number of aryl methyl sites for hydroxylation is 4. The van der Waals surface area contributed by atoms with Crippen LogP contribution in [0.5, 0.6) is 0 Å². The molecular weight excluding hydrogens is 645 g/mol. The maximum Gasteiger partial charge on any atom is 0.273 e. The zero-order valence-corrected chi connectivity index (χ0v) is 29.8. The summed E-state index contributed by atoms with van der Waals surface area (Å²) < 4.78 is 0. The highest BCUT2D eigenvalue weighted by Crippen LogP contribution is 2.26. The van der Waals surface area contributed by atoms with Gasteiger partial charge < -0.3 is 15.5 Å². The number of carbonyl (C=O) groups is 2. The smallest absolute Gasteiger partial charge is 0.273 e. The molecule has 48 heavy (non-hydrogen) atoms. The fourth-order valence-electron chi connectivity index (χ4n) is 6.16. The van der Waals surface area contributed by atoms with Crippen molar-refractivity contribution >= 4 is 45.9 Å². The van der Waals surface area contributed by atoms with Crippen molar-refractivity contribution in [2.75, 3.05) is 31.9 Å². The summed E-state index contributed by atoms with van der Waals surface area (Å²) in [6.07, 6.45) is 8.08. The fourth-order valence-corrected chi connectivity index (χ4v) is 7.74. The number of hydrogen-bond acceptors (Lipinski definition) is 9. The molecule has 12 heteroatoms. The van der Waals surface area contributed by atoms with Crippen molar-refractivity contribution < 1.29 is 14.5 Å². The van der Waals surface area contributed by atoms with Gasteiger partial charge in [-0.3, -0.25) is 19.7 Å². The molecule has 0 atom stereocenters. The van der Waals surface area contributed by atoms with Crippen LogP contribution >= 0.6 is 22.7 Å². The molecule has 2 fully saturated rings. The highest BCUT2D eigenvalue weighted by molar-refractivity contribution is 7.10. The quantitative estimate of drug-likeness (QED) is 0.121. The van der Waals surface area contributed by atoms with Gasteiger partial charge in [-0.2, -0.15) is 0 Å². The van der Waals surface area contributed by atoms with Gasteiger partial charge in [0.1, 0.15) is 11.4 Å². The van der Waals surface area contributed by atoms with Crippen LogP contribution in [-0.2, 0) is 12.8 Å². The van der Waals surface area contributed by atoms with Gasteiger partial charge in [0, 0.05) is 67.1 Å². The molecule has 2 aliphatic rings. The van der Waals surface area contributed by atoms with E-state index in [0.717, 1.165) is 90.7 Å². The summed E-state index contributed by atoms with van der Waals surface area (Å²) in [5.41, 5.74) is 14.0. The first-order chi connectivity index (χ1) is 23.0. The summed E-state index contributed by atoms with van der Waals surface area (Å²) in [7, 11) is 0. The van der Waals surface area contributed by atoms with Crippen molar-refractivity contribution in [2.24, 2.45) is 0 Å². The van der Waals surface area contributed by atoms with Crippen molar-refractivity contribution in [2.45, 2.75) is 79.1 Å². The van der Waals surface area contributed by atoms with Gasteiger partial charge in [-0.25, -0.2) is 9.97 Å². The lowest BCUT2D eigenvalue weighted by Crippen LogP contribution is -2.35. The number of aromatic nitrogens is 2. The SMILES string of the molecule is Cc1cc(Cc2nc(C(=O)N3CCCCC3)cs2)c(C)cc1N.Cc1cc([N+](=O)[O-])c(C)cc1Cc1nc(C(=O)N2CCCCC2)cs1. The minimum Gasteiger partial charge on any atom is -0.399 e. The van der Waals surface area contributed by atoms with E-state index in [1.165, 1.54) is 35.3 Å². The van der Waals surface area contributed by atoms with E-state index in [2.05, 4.69) is 23.0 Å². The molecule has 10 nitrogen and oxygen atoms in total. The van der Waals surface area contributed by atoms with Crippen molar-refractivity contribution in [3.05, 3.63) is 99.9 Å². The van der Waals surface area contributed by atoms with Crippen LogP contribution in [0.1, 0.15) is 103 Å². The molecule has 6 rings (SSSR count). The topological polar surface area (TPSA) is 136 Å². The number of nitro groups is 1. The van der Waals surface area contributed by atoms with Gasteiger partial charge in [-0.1, -0.05) is 6.07 Å². The van der Waals surface area contributed by atoms with Crippen LogP contribution in [0.15, 0.2) is 35.0 Å². The predicted octanol–water partition coefficient (Wildman–Crippen LogP) is 7.44. The zero-order chi connectivity index (χ0) is 34.4. The molecule has 0 aliphatic carbocycles. The van der Waals surface area contributed by atoms with E-state index >= 15 is 0 Å². The number of amides is 2. The number of thiazole rings is 2. The van der Waals surface area contributed by atoms with Crippen LogP contribution in [-0.4, -0.2) is 62.7 Å². The monoisotopic (exact) mass is 688 g/mol. The van der Waals surface area contributed by atoms with Gasteiger partial charge >= 0.3 is 0 Å². The van der Waals surface area contributed by atoms with Crippen LogP contribution in [0.3, 0.4) is 0 Å². The Bertz CT molecular complexity index is 1790. The molecule has 2 saturated heterocycles. The Labute approximate surface area is 290 Å². The Morgan fingerprint density at radius 2 is 1.15 bits per heavy atom. The Morgan fingerprint density at radius 3 is 1.60 bits per heavy atom. The van der Waals surface area contributed by atoms with Crippen molar-refractivity contribution in [3.63, 3.8) is 0 Å². The van der Waals surface area contributed by atoms with Gasteiger partial charge in [0.25, 0.3) is 17.5 Å². The summed E-state index contributed by atoms with van der Waals surface area (Å²) in [6.45, 7) is 11.1. The number of nitrogen functional groups attached to an aromatic ring is 1. The summed E-state index contributed by atoms with van der Waals surface area (Å²) in [4.78, 5) is 48.5. The highest BCUT2D eigenvalue weighted by Gasteiger charge is 2.22. The molecule has 2 aliphatic heterocycles. The first-order valence-corrected chi connectivity index (χ1v) is 18.3. The number of nitrogens with two attached hydrogens (primary N) is 1. The maximum atomic E-state index is 12.5. The number of likely N-dealkylation sites (tertiary alicyclic amines) is 2. The zero-order valence-electron chi connectivity index (χ0n) is 28.2. The number of carbonyl (C=O) groups excluding carboxylic acids is 2. The largest absolute Gasteiger partial charge is 0.399 e. The minimum atomic E-state index is -0.356. The van der Waals surface area contributed by atoms with E-state index < -0.39 is 0 Å². The van der Waals surface area contributed by atoms with Gasteiger partial charge in [0.05, 0.1) is 14.9 Å². The van der Waals surface area contributed by atoms with E-state index in [0.29, 0.717) is 23.4 Å². The van der Waals surface area contributed by atoms with E-state index in [1.54, 1.807) is 24.3 Å². The van der Waals surface area contributed by atoms with Crippen LogP contribution in [0, 0.1) is 37.8 Å². The molecule has 4 heterocycles. The average molecular weight is 689 g/mol. The van der Waals surface area contributed by atoms with Crippen molar-refractivity contribution in [1.82, 2.24) is 19.8 Å². The number of nitro benzene ring substituents is 1. The predicted molar refractivity (Wildman–Crippen MR) is 192 cm³/mol. The van der Waals surface area contributed by atoms with E-state index in [9.17, 15) is 19.7 Å². The molecule has 2 amide bonds. The Balaban J connectivity index is 0.000000188. The van der Waals surface area contributed by atoms with Crippen LogP contribution in [0.25, 0.3) is 0 Å². The van der Waals surface area contributed by atoms with Crippen molar-refractivity contribution in [3.8, 4) is 0 Å². The Morgan fingerprint density at radius 1 is 0.708 bits per heavy atom. The van der Waals surface area contributed by atoms with Crippen molar-refractivity contribution in [1.29, 1.82) is 0 Å². The Hall–Kier alpha value is -4.16. The lowest BCUT2D eigenvalue weighted by molar-refractivity contribution is -0.385. The number of nitrogens with zero attached hydrogens (tertiary/aromatic N) is 5. The van der Waals surface area contributed by atoms with Gasteiger partial charge in [-0.05, 0) is 106 Å². The lowest BCUT2D eigenvalue weighted by Gasteiger charge is -2.25. The molecule has 2 N–H and O–H groups in total. The van der Waals surface area contributed by atoms with Crippen LogP contribution in [0.2, 0.25) is 0 Å². The second-order valence-electron chi connectivity index (χ2n) is 12.8. The number of anilines is 1. The lowest BCUT2D eigenvalue weighted by atomic mass is 10.0. The molecule has 0 bridgehead atoms. The summed E-state index contributed by atoms with van der Waals surface area (Å²) in [5.74, 6) is 0.0937. The molecule has 0 unspecified atom stereocenters. The van der Waals surface area contributed by atoms with E-state index in [4.69, 9.17) is 5.73 Å². The average Bonchev–Trinajstić information content (AvgIpc) is 3.75. The number of rotatable bonds is 7. The maximum absolute atomic E-state index is 12.5. The van der Waals surface area contributed by atoms with Crippen LogP contribution < -0.4 is 5.73 Å². The molecule has 0 saturated carbocycles. The molecular formula is C36H44N6O4S2. The third kappa shape index (κ3) is 8.65.